The Morgan fingerprint density at radius 3 is 2.52 bits per heavy atom. The second-order valence-corrected chi connectivity index (χ2v) is 5.72. The molecule has 1 aromatic heterocycles. The van der Waals surface area contributed by atoms with E-state index in [1.807, 2.05) is 0 Å². The molecule has 0 radical (unpaired) electrons. The van der Waals surface area contributed by atoms with E-state index in [0.29, 0.717) is 40.7 Å². The first-order valence-electron chi connectivity index (χ1n) is 8.78. The van der Waals surface area contributed by atoms with Gasteiger partial charge in [-0.25, -0.2) is 4.79 Å². The lowest BCUT2D eigenvalue weighted by Gasteiger charge is -2.13. The molecule has 2 aromatic carbocycles. The summed E-state index contributed by atoms with van der Waals surface area (Å²) in [6, 6.07) is 10.4. The second-order valence-electron chi connectivity index (χ2n) is 5.72. The van der Waals surface area contributed by atoms with Crippen LogP contribution in [0.15, 0.2) is 40.8 Å². The number of esters is 1. The minimum Gasteiger partial charge on any atom is -0.493 e. The van der Waals surface area contributed by atoms with Gasteiger partial charge in [-0.1, -0.05) is 11.2 Å². The molecule has 0 saturated carbocycles. The fourth-order valence-corrected chi connectivity index (χ4v) is 2.71. The molecule has 0 amide bonds. The molecule has 152 valence electrons. The van der Waals surface area contributed by atoms with E-state index in [1.54, 1.807) is 43.3 Å². The lowest BCUT2D eigenvalue weighted by atomic mass is 10.1. The van der Waals surface area contributed by atoms with Crippen LogP contribution in [0.25, 0.3) is 11.5 Å². The van der Waals surface area contributed by atoms with Crippen LogP contribution < -0.4 is 19.5 Å². The number of hydrogen-bond acceptors (Lipinski definition) is 9. The maximum absolute atomic E-state index is 11.9. The van der Waals surface area contributed by atoms with E-state index in [4.69, 9.17) is 23.4 Å². The van der Waals surface area contributed by atoms with Gasteiger partial charge in [-0.3, -0.25) is 0 Å². The molecule has 0 fully saturated rings. The summed E-state index contributed by atoms with van der Waals surface area (Å²) >= 11 is 0. The second kappa shape index (κ2) is 8.96. The van der Waals surface area contributed by atoms with Crippen molar-refractivity contribution in [3.8, 4) is 28.7 Å². The number of aromatic nitrogens is 2. The van der Waals surface area contributed by atoms with Crippen molar-refractivity contribution < 1.29 is 28.2 Å². The van der Waals surface area contributed by atoms with Crippen molar-refractivity contribution in [3.05, 3.63) is 42.0 Å². The van der Waals surface area contributed by atoms with Crippen LogP contribution in [-0.4, -0.2) is 44.1 Å². The molecular formula is C20H21N3O6. The van der Waals surface area contributed by atoms with E-state index in [0.717, 1.165) is 0 Å². The molecule has 0 bridgehead atoms. The molecule has 3 rings (SSSR count). The Balaban J connectivity index is 1.87. The van der Waals surface area contributed by atoms with Crippen LogP contribution in [-0.2, 0) is 4.74 Å². The molecule has 9 heteroatoms. The van der Waals surface area contributed by atoms with Gasteiger partial charge in [0.25, 0.3) is 5.89 Å². The zero-order chi connectivity index (χ0) is 20.8. The number of carbonyl (C=O) groups excluding carboxylic acids is 1. The standard InChI is InChI=1S/C20H21N3O6/c1-5-28-19(24)12-7-6-8-13(11-12)21-20-23-22-18(29-20)14-9-10-15(25-2)17(27-4)16(14)26-3/h6-11H,5H2,1-4H3,(H,21,23). The number of hydrogen-bond donors (Lipinski definition) is 1. The number of rotatable bonds is 8. The first kappa shape index (κ1) is 20.0. The summed E-state index contributed by atoms with van der Waals surface area (Å²) in [5.41, 5.74) is 1.56. The fraction of sp³-hybridized carbons (Fsp3) is 0.250. The normalized spacial score (nSPS) is 10.3. The molecule has 0 unspecified atom stereocenters. The van der Waals surface area contributed by atoms with Crippen LogP contribution in [0.4, 0.5) is 11.7 Å². The van der Waals surface area contributed by atoms with Gasteiger partial charge in [0.05, 0.1) is 39.1 Å². The number of anilines is 2. The van der Waals surface area contributed by atoms with Crippen molar-refractivity contribution in [1.29, 1.82) is 0 Å². The Morgan fingerprint density at radius 2 is 1.83 bits per heavy atom. The zero-order valence-corrected chi connectivity index (χ0v) is 16.5. The van der Waals surface area contributed by atoms with E-state index in [-0.39, 0.29) is 11.9 Å². The molecule has 0 saturated heterocycles. The Kier molecular flexibility index (Phi) is 6.18. The summed E-state index contributed by atoms with van der Waals surface area (Å²) in [6.07, 6.45) is 0. The number of nitrogens with one attached hydrogen (secondary N) is 1. The Hall–Kier alpha value is -3.75. The van der Waals surface area contributed by atoms with Gasteiger partial charge in [-0.2, -0.15) is 0 Å². The Morgan fingerprint density at radius 1 is 1.03 bits per heavy atom. The summed E-state index contributed by atoms with van der Waals surface area (Å²) in [7, 11) is 4.56. The Bertz CT molecular complexity index is 1000. The molecule has 0 atom stereocenters. The topological polar surface area (TPSA) is 105 Å². The lowest BCUT2D eigenvalue weighted by molar-refractivity contribution is 0.0526. The average molecular weight is 399 g/mol. The number of ether oxygens (including phenoxy) is 4. The van der Waals surface area contributed by atoms with Crippen molar-refractivity contribution >= 4 is 17.7 Å². The average Bonchev–Trinajstić information content (AvgIpc) is 3.20. The van der Waals surface area contributed by atoms with E-state index < -0.39 is 5.97 Å². The van der Waals surface area contributed by atoms with Crippen LogP contribution in [0.2, 0.25) is 0 Å². The van der Waals surface area contributed by atoms with Crippen LogP contribution in [0.3, 0.4) is 0 Å². The molecule has 0 aliphatic heterocycles. The van der Waals surface area contributed by atoms with Gasteiger partial charge >= 0.3 is 12.0 Å². The summed E-state index contributed by atoms with van der Waals surface area (Å²) in [4.78, 5) is 11.9. The van der Waals surface area contributed by atoms with Crippen LogP contribution in [0, 0.1) is 0 Å². The molecule has 3 aromatic rings. The molecule has 0 aliphatic rings. The smallest absolute Gasteiger partial charge is 0.338 e. The quantitative estimate of drug-likeness (QED) is 0.568. The van der Waals surface area contributed by atoms with E-state index in [1.165, 1.54) is 21.3 Å². The van der Waals surface area contributed by atoms with Gasteiger partial charge < -0.3 is 28.7 Å². The number of carbonyl (C=O) groups is 1. The molecule has 0 spiro atoms. The van der Waals surface area contributed by atoms with Crippen molar-refractivity contribution in [2.75, 3.05) is 33.3 Å². The Labute approximate surface area is 167 Å². The predicted molar refractivity (Wildman–Crippen MR) is 105 cm³/mol. The highest BCUT2D eigenvalue weighted by Gasteiger charge is 2.21. The summed E-state index contributed by atoms with van der Waals surface area (Å²) in [5, 5.41) is 11.0. The van der Waals surface area contributed by atoms with Crippen LogP contribution in [0.5, 0.6) is 17.2 Å². The summed E-state index contributed by atoms with van der Waals surface area (Å²) < 4.78 is 26.8. The summed E-state index contributed by atoms with van der Waals surface area (Å²) in [5.74, 6) is 1.17. The molecule has 1 N–H and O–H groups in total. The first-order chi connectivity index (χ1) is 14.1. The largest absolute Gasteiger partial charge is 0.493 e. The van der Waals surface area contributed by atoms with Crippen molar-refractivity contribution in [2.24, 2.45) is 0 Å². The first-order valence-corrected chi connectivity index (χ1v) is 8.78. The van der Waals surface area contributed by atoms with Gasteiger partial charge in [0, 0.05) is 5.69 Å². The van der Waals surface area contributed by atoms with Gasteiger partial charge in [0.2, 0.25) is 5.75 Å². The highest BCUT2D eigenvalue weighted by Crippen LogP contribution is 2.44. The minimum absolute atomic E-state index is 0.151. The van der Waals surface area contributed by atoms with Gasteiger partial charge in [-0.05, 0) is 37.3 Å². The molecule has 29 heavy (non-hydrogen) atoms. The fourth-order valence-electron chi connectivity index (χ4n) is 2.71. The van der Waals surface area contributed by atoms with E-state index >= 15 is 0 Å². The van der Waals surface area contributed by atoms with E-state index in [2.05, 4.69) is 15.5 Å². The molecule has 0 aliphatic carbocycles. The minimum atomic E-state index is -0.405. The third-order valence-electron chi connectivity index (χ3n) is 3.98. The number of nitrogens with zero attached hydrogens (tertiary/aromatic N) is 2. The van der Waals surface area contributed by atoms with Crippen LogP contribution in [0.1, 0.15) is 17.3 Å². The van der Waals surface area contributed by atoms with Gasteiger partial charge in [0.1, 0.15) is 0 Å². The van der Waals surface area contributed by atoms with Crippen LogP contribution >= 0.6 is 0 Å². The molecule has 1 heterocycles. The maximum Gasteiger partial charge on any atom is 0.338 e. The third-order valence-corrected chi connectivity index (χ3v) is 3.98. The maximum atomic E-state index is 11.9. The summed E-state index contributed by atoms with van der Waals surface area (Å²) in [6.45, 7) is 2.05. The number of benzene rings is 2. The number of methoxy groups -OCH3 is 3. The van der Waals surface area contributed by atoms with Gasteiger partial charge in [0.15, 0.2) is 11.5 Å². The van der Waals surface area contributed by atoms with Crippen molar-refractivity contribution in [2.45, 2.75) is 6.92 Å². The van der Waals surface area contributed by atoms with E-state index in [9.17, 15) is 4.79 Å². The van der Waals surface area contributed by atoms with Crippen molar-refractivity contribution in [1.82, 2.24) is 10.2 Å². The highest BCUT2D eigenvalue weighted by atomic mass is 16.5. The van der Waals surface area contributed by atoms with Crippen molar-refractivity contribution in [3.63, 3.8) is 0 Å². The third kappa shape index (κ3) is 4.23. The highest BCUT2D eigenvalue weighted by molar-refractivity contribution is 5.90. The monoisotopic (exact) mass is 399 g/mol. The lowest BCUT2D eigenvalue weighted by Crippen LogP contribution is -2.04. The zero-order valence-electron chi connectivity index (χ0n) is 16.5. The molecule has 9 nitrogen and oxygen atoms in total. The molecular weight excluding hydrogens is 378 g/mol. The van der Waals surface area contributed by atoms with Gasteiger partial charge in [-0.15, -0.1) is 5.10 Å². The SMILES string of the molecule is CCOC(=O)c1cccc(Nc2nnc(-c3ccc(OC)c(OC)c3OC)o2)c1. The predicted octanol–water partition coefficient (Wildman–Crippen LogP) is 3.68.